The summed E-state index contributed by atoms with van der Waals surface area (Å²) < 4.78 is 0. The summed E-state index contributed by atoms with van der Waals surface area (Å²) in [6.45, 7) is 4.77. The van der Waals surface area contributed by atoms with Crippen molar-refractivity contribution in [2.45, 2.75) is 33.1 Å². The van der Waals surface area contributed by atoms with Crippen molar-refractivity contribution in [3.8, 4) is 0 Å². The second-order valence-corrected chi connectivity index (χ2v) is 4.77. The fraction of sp³-hybridized carbons (Fsp3) is 0.583. The quantitative estimate of drug-likeness (QED) is 0.629. The molecule has 0 unspecified atom stereocenters. The molecule has 1 aliphatic rings. The molecule has 92 valence electrons. The molecule has 0 aromatic carbocycles. The van der Waals surface area contributed by atoms with Gasteiger partial charge in [0.15, 0.2) is 0 Å². The third-order valence-corrected chi connectivity index (χ3v) is 3.61. The number of pyridine rings is 1. The van der Waals surface area contributed by atoms with Gasteiger partial charge in [0, 0.05) is 12.6 Å². The molecule has 0 spiro atoms. The van der Waals surface area contributed by atoms with E-state index in [9.17, 15) is 10.1 Å². The molecule has 0 bridgehead atoms. The molecule has 5 nitrogen and oxygen atoms in total. The zero-order chi connectivity index (χ0) is 12.5. The van der Waals surface area contributed by atoms with E-state index in [1.807, 2.05) is 0 Å². The van der Waals surface area contributed by atoms with Gasteiger partial charge in [0.25, 0.3) is 5.69 Å². The van der Waals surface area contributed by atoms with Crippen LogP contribution in [0.1, 0.15) is 31.9 Å². The number of nitro groups is 1. The molecule has 17 heavy (non-hydrogen) atoms. The number of rotatable bonds is 5. The fourth-order valence-electron chi connectivity index (χ4n) is 1.96. The van der Waals surface area contributed by atoms with Gasteiger partial charge in [-0.2, -0.15) is 0 Å². The predicted octanol–water partition coefficient (Wildman–Crippen LogP) is 2.90. The van der Waals surface area contributed by atoms with Gasteiger partial charge in [-0.05, 0) is 37.7 Å². The third-order valence-electron chi connectivity index (χ3n) is 3.61. The third kappa shape index (κ3) is 2.54. The van der Waals surface area contributed by atoms with Crippen molar-refractivity contribution >= 4 is 11.5 Å². The van der Waals surface area contributed by atoms with E-state index in [-0.39, 0.29) is 5.69 Å². The van der Waals surface area contributed by atoms with Crippen LogP contribution < -0.4 is 5.32 Å². The van der Waals surface area contributed by atoms with Crippen LogP contribution in [0.2, 0.25) is 0 Å². The lowest BCUT2D eigenvalue weighted by atomic mass is 10.0. The highest BCUT2D eigenvalue weighted by Gasteiger charge is 2.40. The van der Waals surface area contributed by atoms with Crippen molar-refractivity contribution in [2.24, 2.45) is 5.41 Å². The Morgan fingerprint density at radius 2 is 2.24 bits per heavy atom. The molecule has 0 saturated heterocycles. The molecule has 1 heterocycles. The molecule has 0 atom stereocenters. The molecule has 0 amide bonds. The summed E-state index contributed by atoms with van der Waals surface area (Å²) in [4.78, 5) is 14.5. The molecular formula is C12H17N3O2. The molecule has 1 aliphatic carbocycles. The zero-order valence-corrected chi connectivity index (χ0v) is 10.2. The minimum Gasteiger partial charge on any atom is -0.370 e. The maximum atomic E-state index is 10.7. The van der Waals surface area contributed by atoms with Crippen molar-refractivity contribution < 1.29 is 4.92 Å². The lowest BCUT2D eigenvalue weighted by Gasteiger charge is -2.13. The molecular weight excluding hydrogens is 218 g/mol. The Hall–Kier alpha value is -1.65. The van der Waals surface area contributed by atoms with E-state index in [0.717, 1.165) is 12.4 Å². The van der Waals surface area contributed by atoms with E-state index in [1.54, 1.807) is 13.0 Å². The highest BCUT2D eigenvalue weighted by atomic mass is 16.6. The number of hydrogen-bond donors (Lipinski definition) is 1. The number of aryl methyl sites for hydroxylation is 1. The average Bonchev–Trinajstić information content (AvgIpc) is 3.07. The first kappa shape index (κ1) is 11.8. The van der Waals surface area contributed by atoms with Crippen LogP contribution >= 0.6 is 0 Å². The highest BCUT2D eigenvalue weighted by Crippen LogP contribution is 2.48. The largest absolute Gasteiger partial charge is 0.370 e. The summed E-state index contributed by atoms with van der Waals surface area (Å²) in [7, 11) is 0. The van der Waals surface area contributed by atoms with E-state index >= 15 is 0 Å². The lowest BCUT2D eigenvalue weighted by molar-refractivity contribution is -0.385. The SMILES string of the molecule is CCC1(CNc2ccc([N+](=O)[O-])c(C)n2)CC1. The van der Waals surface area contributed by atoms with Crippen molar-refractivity contribution in [1.82, 2.24) is 4.98 Å². The molecule has 1 saturated carbocycles. The minimum absolute atomic E-state index is 0.0761. The Morgan fingerprint density at radius 1 is 1.53 bits per heavy atom. The van der Waals surface area contributed by atoms with E-state index < -0.39 is 4.92 Å². The summed E-state index contributed by atoms with van der Waals surface area (Å²) in [6, 6.07) is 3.19. The maximum Gasteiger partial charge on any atom is 0.290 e. The van der Waals surface area contributed by atoms with Gasteiger partial charge < -0.3 is 5.32 Å². The van der Waals surface area contributed by atoms with Crippen LogP contribution in [0, 0.1) is 22.5 Å². The van der Waals surface area contributed by atoms with Gasteiger partial charge in [-0.3, -0.25) is 10.1 Å². The lowest BCUT2D eigenvalue weighted by Crippen LogP contribution is -2.15. The summed E-state index contributed by atoms with van der Waals surface area (Å²) in [5.41, 5.74) is 0.977. The molecule has 1 aromatic rings. The molecule has 5 heteroatoms. The van der Waals surface area contributed by atoms with Gasteiger partial charge in [-0.1, -0.05) is 6.92 Å². The predicted molar refractivity (Wildman–Crippen MR) is 66.1 cm³/mol. The van der Waals surface area contributed by atoms with E-state index in [4.69, 9.17) is 0 Å². The smallest absolute Gasteiger partial charge is 0.290 e. The number of hydrogen-bond acceptors (Lipinski definition) is 4. The Bertz CT molecular complexity index is 441. The second-order valence-electron chi connectivity index (χ2n) is 4.77. The van der Waals surface area contributed by atoms with Crippen molar-refractivity contribution in [2.75, 3.05) is 11.9 Å². The Kier molecular flexibility index (Phi) is 3.00. The minimum atomic E-state index is -0.402. The second kappa shape index (κ2) is 4.31. The van der Waals surface area contributed by atoms with Crippen LogP contribution in [0.15, 0.2) is 12.1 Å². The number of aromatic nitrogens is 1. The summed E-state index contributed by atoms with van der Waals surface area (Å²) in [5.74, 6) is 0.729. The monoisotopic (exact) mass is 235 g/mol. The number of nitrogens with zero attached hydrogens (tertiary/aromatic N) is 2. The first-order valence-electron chi connectivity index (χ1n) is 5.92. The normalized spacial score (nSPS) is 16.6. The van der Waals surface area contributed by atoms with Crippen molar-refractivity contribution in [1.29, 1.82) is 0 Å². The van der Waals surface area contributed by atoms with Crippen molar-refractivity contribution in [3.05, 3.63) is 27.9 Å². The van der Waals surface area contributed by atoms with Gasteiger partial charge in [0.2, 0.25) is 0 Å². The van der Waals surface area contributed by atoms with Crippen LogP contribution in [0.4, 0.5) is 11.5 Å². The molecule has 1 N–H and O–H groups in total. The topological polar surface area (TPSA) is 68.1 Å². The summed E-state index contributed by atoms with van der Waals surface area (Å²) in [6.07, 6.45) is 3.71. The first-order valence-corrected chi connectivity index (χ1v) is 5.92. The fourth-order valence-corrected chi connectivity index (χ4v) is 1.96. The Morgan fingerprint density at radius 3 is 2.71 bits per heavy atom. The van der Waals surface area contributed by atoms with Gasteiger partial charge in [-0.25, -0.2) is 4.98 Å². The number of anilines is 1. The highest BCUT2D eigenvalue weighted by molar-refractivity contribution is 5.45. The first-order chi connectivity index (χ1) is 8.06. The van der Waals surface area contributed by atoms with Gasteiger partial charge in [0.1, 0.15) is 11.5 Å². The Labute approximate surface area is 100 Å². The van der Waals surface area contributed by atoms with Crippen LogP contribution in [0.3, 0.4) is 0 Å². The van der Waals surface area contributed by atoms with Gasteiger partial charge >= 0.3 is 0 Å². The maximum absolute atomic E-state index is 10.7. The van der Waals surface area contributed by atoms with Crippen LogP contribution in [0.5, 0.6) is 0 Å². The summed E-state index contributed by atoms with van der Waals surface area (Å²) in [5, 5.41) is 13.9. The van der Waals surface area contributed by atoms with E-state index in [2.05, 4.69) is 17.2 Å². The standard InChI is InChI=1S/C12H17N3O2/c1-3-12(6-7-12)8-13-11-5-4-10(15(16)17)9(2)14-11/h4-5H,3,6-8H2,1-2H3,(H,13,14). The summed E-state index contributed by atoms with van der Waals surface area (Å²) >= 11 is 0. The van der Waals surface area contributed by atoms with Crippen LogP contribution in [-0.4, -0.2) is 16.5 Å². The van der Waals surface area contributed by atoms with Gasteiger partial charge in [-0.15, -0.1) is 0 Å². The van der Waals surface area contributed by atoms with Crippen LogP contribution in [-0.2, 0) is 0 Å². The number of nitrogens with one attached hydrogen (secondary N) is 1. The molecule has 0 radical (unpaired) electrons. The molecule has 0 aliphatic heterocycles. The Balaban J connectivity index is 2.03. The molecule has 1 fully saturated rings. The molecule has 2 rings (SSSR count). The average molecular weight is 235 g/mol. The van der Waals surface area contributed by atoms with E-state index in [0.29, 0.717) is 11.1 Å². The van der Waals surface area contributed by atoms with Gasteiger partial charge in [0.05, 0.1) is 4.92 Å². The van der Waals surface area contributed by atoms with Crippen LogP contribution in [0.25, 0.3) is 0 Å². The van der Waals surface area contributed by atoms with E-state index in [1.165, 1.54) is 25.3 Å². The van der Waals surface area contributed by atoms with Crippen molar-refractivity contribution in [3.63, 3.8) is 0 Å². The molecule has 1 aromatic heterocycles. The zero-order valence-electron chi connectivity index (χ0n) is 10.2.